The average molecular weight is 254 g/mol. The fourth-order valence-electron chi connectivity index (χ4n) is 1.31. The molecule has 0 fully saturated rings. The fraction of sp³-hybridized carbons (Fsp3) is 0.250. The number of halogens is 2. The van der Waals surface area contributed by atoms with E-state index in [1.165, 1.54) is 6.07 Å². The Morgan fingerprint density at radius 1 is 1.39 bits per heavy atom. The van der Waals surface area contributed by atoms with E-state index in [4.69, 9.17) is 6.42 Å². The topological polar surface area (TPSA) is 61.4 Å². The van der Waals surface area contributed by atoms with Gasteiger partial charge in [-0.25, -0.2) is 13.6 Å². The Kier molecular flexibility index (Phi) is 5.08. The summed E-state index contributed by atoms with van der Waals surface area (Å²) in [5.74, 6) is 0.447. The van der Waals surface area contributed by atoms with Gasteiger partial charge >= 0.3 is 6.03 Å². The predicted molar refractivity (Wildman–Crippen MR) is 61.6 cm³/mol. The zero-order valence-corrected chi connectivity index (χ0v) is 9.41. The lowest BCUT2D eigenvalue weighted by Gasteiger charge is -2.13. The molecule has 0 spiro atoms. The van der Waals surface area contributed by atoms with Crippen LogP contribution < -0.4 is 10.6 Å². The Hall–Kier alpha value is -2.13. The number of aliphatic hydroxyl groups excluding tert-OH is 1. The van der Waals surface area contributed by atoms with Crippen molar-refractivity contribution in [2.45, 2.75) is 6.10 Å². The van der Waals surface area contributed by atoms with Gasteiger partial charge in [-0.15, -0.1) is 6.42 Å². The van der Waals surface area contributed by atoms with Gasteiger partial charge in [0.15, 0.2) is 0 Å². The van der Waals surface area contributed by atoms with Crippen molar-refractivity contribution in [3.63, 3.8) is 0 Å². The lowest BCUT2D eigenvalue weighted by Crippen LogP contribution is -2.38. The predicted octanol–water partition coefficient (Wildman–Crippen LogP) is 0.931. The maximum absolute atomic E-state index is 13.3. The van der Waals surface area contributed by atoms with E-state index in [2.05, 4.69) is 16.6 Å². The third-order valence-corrected chi connectivity index (χ3v) is 2.14. The number of carbonyl (C=O) groups is 1. The molecule has 1 unspecified atom stereocenters. The smallest absolute Gasteiger partial charge is 0.315 e. The Morgan fingerprint density at radius 3 is 2.56 bits per heavy atom. The molecule has 0 radical (unpaired) electrons. The quantitative estimate of drug-likeness (QED) is 0.700. The molecule has 0 saturated heterocycles. The largest absolute Gasteiger partial charge is 0.386 e. The van der Waals surface area contributed by atoms with Crippen LogP contribution in [-0.4, -0.2) is 24.2 Å². The van der Waals surface area contributed by atoms with Crippen molar-refractivity contribution in [2.75, 3.05) is 13.1 Å². The van der Waals surface area contributed by atoms with E-state index in [9.17, 15) is 18.7 Å². The van der Waals surface area contributed by atoms with Gasteiger partial charge in [-0.2, -0.15) is 0 Å². The Labute approximate surface area is 103 Å². The molecule has 1 atom stereocenters. The molecule has 0 heterocycles. The number of amides is 2. The van der Waals surface area contributed by atoms with Crippen LogP contribution in [0.25, 0.3) is 0 Å². The Balaban J connectivity index is 2.58. The van der Waals surface area contributed by atoms with Crippen molar-refractivity contribution in [1.82, 2.24) is 10.6 Å². The van der Waals surface area contributed by atoms with Crippen LogP contribution in [0.3, 0.4) is 0 Å². The highest BCUT2D eigenvalue weighted by Gasteiger charge is 2.18. The number of benzene rings is 1. The molecule has 0 aliphatic carbocycles. The van der Waals surface area contributed by atoms with Gasteiger partial charge in [0.2, 0.25) is 0 Å². The van der Waals surface area contributed by atoms with Crippen molar-refractivity contribution < 1.29 is 18.7 Å². The van der Waals surface area contributed by atoms with E-state index < -0.39 is 29.3 Å². The number of nitrogens with one attached hydrogen (secondary N) is 2. The second kappa shape index (κ2) is 6.57. The third kappa shape index (κ3) is 3.71. The molecule has 0 bridgehead atoms. The summed E-state index contributed by atoms with van der Waals surface area (Å²) in [6, 6.07) is 2.62. The molecule has 0 saturated carbocycles. The first kappa shape index (κ1) is 13.9. The van der Waals surface area contributed by atoms with E-state index in [-0.39, 0.29) is 13.1 Å². The summed E-state index contributed by atoms with van der Waals surface area (Å²) in [5.41, 5.74) is -0.477. The molecule has 1 aromatic carbocycles. The molecule has 0 aliphatic heterocycles. The van der Waals surface area contributed by atoms with Gasteiger partial charge < -0.3 is 15.7 Å². The minimum atomic E-state index is -1.47. The molecule has 96 valence electrons. The summed E-state index contributed by atoms with van der Waals surface area (Å²) in [5, 5.41) is 14.1. The minimum Gasteiger partial charge on any atom is -0.386 e. The first-order valence-corrected chi connectivity index (χ1v) is 5.13. The molecule has 3 N–H and O–H groups in total. The van der Waals surface area contributed by atoms with Crippen molar-refractivity contribution in [3.05, 3.63) is 35.4 Å². The highest BCUT2D eigenvalue weighted by molar-refractivity contribution is 5.74. The van der Waals surface area contributed by atoms with Crippen LogP contribution in [0.2, 0.25) is 0 Å². The van der Waals surface area contributed by atoms with Gasteiger partial charge in [-0.05, 0) is 12.1 Å². The van der Waals surface area contributed by atoms with Gasteiger partial charge in [0.1, 0.15) is 17.7 Å². The lowest BCUT2D eigenvalue weighted by molar-refractivity contribution is 0.164. The van der Waals surface area contributed by atoms with Crippen LogP contribution in [0.4, 0.5) is 13.6 Å². The van der Waals surface area contributed by atoms with Crippen LogP contribution >= 0.6 is 0 Å². The molecule has 4 nitrogen and oxygen atoms in total. The molecule has 6 heteroatoms. The average Bonchev–Trinajstić information content (AvgIpc) is 2.33. The number of hydrogen-bond donors (Lipinski definition) is 3. The number of urea groups is 1. The second-order valence-electron chi connectivity index (χ2n) is 3.42. The van der Waals surface area contributed by atoms with Crippen molar-refractivity contribution in [3.8, 4) is 12.3 Å². The molecule has 1 aromatic rings. The third-order valence-electron chi connectivity index (χ3n) is 2.14. The van der Waals surface area contributed by atoms with Crippen LogP contribution in [-0.2, 0) is 0 Å². The van der Waals surface area contributed by atoms with Crippen LogP contribution in [0.1, 0.15) is 11.7 Å². The highest BCUT2D eigenvalue weighted by atomic mass is 19.1. The van der Waals surface area contributed by atoms with Crippen molar-refractivity contribution in [2.24, 2.45) is 0 Å². The van der Waals surface area contributed by atoms with Gasteiger partial charge in [0.05, 0.1) is 12.1 Å². The maximum Gasteiger partial charge on any atom is 0.315 e. The Bertz CT molecular complexity index is 451. The van der Waals surface area contributed by atoms with Crippen LogP contribution in [0.15, 0.2) is 18.2 Å². The summed E-state index contributed by atoms with van der Waals surface area (Å²) in [4.78, 5) is 11.1. The van der Waals surface area contributed by atoms with Crippen LogP contribution in [0.5, 0.6) is 0 Å². The summed E-state index contributed by atoms with van der Waals surface area (Å²) in [6.45, 7) is -0.301. The number of carbonyl (C=O) groups excluding carboxylic acids is 1. The van der Waals surface area contributed by atoms with E-state index >= 15 is 0 Å². The van der Waals surface area contributed by atoms with Crippen molar-refractivity contribution >= 4 is 6.03 Å². The monoisotopic (exact) mass is 254 g/mol. The van der Waals surface area contributed by atoms with Gasteiger partial charge in [0.25, 0.3) is 0 Å². The molecule has 0 aromatic heterocycles. The number of rotatable bonds is 4. The zero-order chi connectivity index (χ0) is 13.5. The van der Waals surface area contributed by atoms with Crippen LogP contribution in [0, 0.1) is 24.0 Å². The zero-order valence-electron chi connectivity index (χ0n) is 9.41. The number of aliphatic hydroxyl groups is 1. The second-order valence-corrected chi connectivity index (χ2v) is 3.42. The molecular weight excluding hydrogens is 242 g/mol. The first-order chi connectivity index (χ1) is 8.56. The summed E-state index contributed by atoms with van der Waals surface area (Å²) >= 11 is 0. The standard InChI is InChI=1S/C12H12F2N2O2/c1-2-6-15-12(18)16-7-10(17)11-8(13)4-3-5-9(11)14/h1,3-5,10,17H,6-7H2,(H2,15,16,18). The summed E-state index contributed by atoms with van der Waals surface area (Å²) in [6.07, 6.45) is 3.45. The maximum atomic E-state index is 13.3. The SMILES string of the molecule is C#CCNC(=O)NCC(O)c1c(F)cccc1F. The van der Waals surface area contributed by atoms with Crippen molar-refractivity contribution in [1.29, 1.82) is 0 Å². The molecule has 1 rings (SSSR count). The molecule has 18 heavy (non-hydrogen) atoms. The number of hydrogen-bond acceptors (Lipinski definition) is 2. The summed E-state index contributed by atoms with van der Waals surface area (Å²) in [7, 11) is 0. The molecule has 2 amide bonds. The van der Waals surface area contributed by atoms with Gasteiger partial charge in [-0.1, -0.05) is 12.0 Å². The van der Waals surface area contributed by atoms with E-state index in [0.29, 0.717) is 0 Å². The van der Waals surface area contributed by atoms with Gasteiger partial charge in [0, 0.05) is 6.54 Å². The first-order valence-electron chi connectivity index (χ1n) is 5.13. The lowest BCUT2D eigenvalue weighted by atomic mass is 10.1. The highest BCUT2D eigenvalue weighted by Crippen LogP contribution is 2.19. The Morgan fingerprint density at radius 2 is 2.00 bits per heavy atom. The normalized spacial score (nSPS) is 11.4. The molecule has 0 aliphatic rings. The minimum absolute atomic E-state index is 0.0238. The van der Waals surface area contributed by atoms with Gasteiger partial charge in [-0.3, -0.25) is 0 Å². The number of terminal acetylenes is 1. The van der Waals surface area contributed by atoms with E-state index in [1.807, 2.05) is 0 Å². The summed E-state index contributed by atoms with van der Waals surface area (Å²) < 4.78 is 26.5. The van der Waals surface area contributed by atoms with E-state index in [0.717, 1.165) is 12.1 Å². The molecular formula is C12H12F2N2O2. The fourth-order valence-corrected chi connectivity index (χ4v) is 1.31. The van der Waals surface area contributed by atoms with E-state index in [1.54, 1.807) is 0 Å².